The zero-order valence-corrected chi connectivity index (χ0v) is 12.8. The molecule has 1 amide bonds. The predicted molar refractivity (Wildman–Crippen MR) is 80.7 cm³/mol. The maximum Gasteiger partial charge on any atom is 0.251 e. The van der Waals surface area contributed by atoms with Gasteiger partial charge in [-0.2, -0.15) is 0 Å². The molecule has 1 N–H and O–H groups in total. The lowest BCUT2D eigenvalue weighted by Crippen LogP contribution is -2.28. The number of carbonyl (C=O) groups is 1. The van der Waals surface area contributed by atoms with E-state index in [2.05, 4.69) is 28.2 Å². The van der Waals surface area contributed by atoms with E-state index in [-0.39, 0.29) is 5.91 Å². The number of halogens is 1. The average Bonchev–Trinajstić information content (AvgIpc) is 2.36. The molecular weight excluding hydrogens is 292 g/mol. The van der Waals surface area contributed by atoms with Gasteiger partial charge in [0.05, 0.1) is 0 Å². The molecule has 1 unspecified atom stereocenters. The molecule has 3 nitrogen and oxygen atoms in total. The van der Waals surface area contributed by atoms with Gasteiger partial charge >= 0.3 is 0 Å². The SMILES string of the molecule is CC(CCBr)CNC(=O)c1cccc(N(C)C)c1. The molecule has 0 aliphatic rings. The molecule has 0 fully saturated rings. The first-order valence-electron chi connectivity index (χ1n) is 6.16. The van der Waals surface area contributed by atoms with E-state index in [0.717, 1.165) is 24.0 Å². The Morgan fingerprint density at radius 1 is 1.44 bits per heavy atom. The van der Waals surface area contributed by atoms with Crippen molar-refractivity contribution in [3.8, 4) is 0 Å². The quantitative estimate of drug-likeness (QED) is 0.819. The lowest BCUT2D eigenvalue weighted by Gasteiger charge is -2.14. The van der Waals surface area contributed by atoms with Crippen molar-refractivity contribution in [3.63, 3.8) is 0 Å². The van der Waals surface area contributed by atoms with E-state index in [9.17, 15) is 4.79 Å². The highest BCUT2D eigenvalue weighted by Gasteiger charge is 2.08. The Morgan fingerprint density at radius 3 is 2.78 bits per heavy atom. The van der Waals surface area contributed by atoms with E-state index in [0.29, 0.717) is 11.5 Å². The summed E-state index contributed by atoms with van der Waals surface area (Å²) in [6.07, 6.45) is 1.07. The largest absolute Gasteiger partial charge is 0.378 e. The third-order valence-electron chi connectivity index (χ3n) is 2.84. The predicted octanol–water partition coefficient (Wildman–Crippen LogP) is 2.90. The molecule has 0 spiro atoms. The summed E-state index contributed by atoms with van der Waals surface area (Å²) in [5, 5.41) is 3.94. The summed E-state index contributed by atoms with van der Waals surface area (Å²) >= 11 is 3.41. The van der Waals surface area contributed by atoms with Crippen LogP contribution in [0.2, 0.25) is 0 Å². The summed E-state index contributed by atoms with van der Waals surface area (Å²) in [7, 11) is 3.93. The average molecular weight is 313 g/mol. The topological polar surface area (TPSA) is 32.3 Å². The van der Waals surface area contributed by atoms with Crippen molar-refractivity contribution < 1.29 is 4.79 Å². The molecule has 100 valence electrons. The van der Waals surface area contributed by atoms with Crippen LogP contribution < -0.4 is 10.2 Å². The molecular formula is C14H21BrN2O. The van der Waals surface area contributed by atoms with Crippen LogP contribution in [0.4, 0.5) is 5.69 Å². The second-order valence-electron chi connectivity index (χ2n) is 4.74. The van der Waals surface area contributed by atoms with Crippen LogP contribution in [0.25, 0.3) is 0 Å². The molecule has 0 aromatic heterocycles. The number of benzene rings is 1. The number of hydrogen-bond donors (Lipinski definition) is 1. The van der Waals surface area contributed by atoms with Crippen LogP contribution in [-0.4, -0.2) is 31.9 Å². The third kappa shape index (κ3) is 4.69. The Kier molecular flexibility index (Phi) is 6.19. The summed E-state index contributed by atoms with van der Waals surface area (Å²) in [6, 6.07) is 7.65. The number of hydrogen-bond acceptors (Lipinski definition) is 2. The van der Waals surface area contributed by atoms with Crippen molar-refractivity contribution in [2.24, 2.45) is 5.92 Å². The van der Waals surface area contributed by atoms with Gasteiger partial charge in [0.2, 0.25) is 0 Å². The molecule has 0 heterocycles. The molecule has 1 aromatic rings. The maximum atomic E-state index is 12.0. The second-order valence-corrected chi connectivity index (χ2v) is 5.53. The van der Waals surface area contributed by atoms with Gasteiger partial charge in [-0.3, -0.25) is 4.79 Å². The number of amides is 1. The van der Waals surface area contributed by atoms with Gasteiger partial charge in [-0.05, 0) is 30.5 Å². The van der Waals surface area contributed by atoms with Crippen LogP contribution in [0, 0.1) is 5.92 Å². The molecule has 1 atom stereocenters. The summed E-state index contributed by atoms with van der Waals surface area (Å²) in [6.45, 7) is 2.86. The van der Waals surface area contributed by atoms with Gasteiger partial charge in [-0.25, -0.2) is 0 Å². The van der Waals surface area contributed by atoms with Gasteiger partial charge in [0, 0.05) is 37.2 Å². The Balaban J connectivity index is 2.58. The lowest BCUT2D eigenvalue weighted by atomic mass is 10.1. The van der Waals surface area contributed by atoms with E-state index in [1.807, 2.05) is 43.3 Å². The number of nitrogens with zero attached hydrogens (tertiary/aromatic N) is 1. The summed E-state index contributed by atoms with van der Waals surface area (Å²) in [5.74, 6) is 0.491. The molecule has 0 aliphatic carbocycles. The zero-order chi connectivity index (χ0) is 13.5. The van der Waals surface area contributed by atoms with E-state index < -0.39 is 0 Å². The summed E-state index contributed by atoms with van der Waals surface area (Å²) < 4.78 is 0. The van der Waals surface area contributed by atoms with E-state index in [1.165, 1.54) is 0 Å². The lowest BCUT2D eigenvalue weighted by molar-refractivity contribution is 0.0948. The van der Waals surface area contributed by atoms with Crippen LogP contribution in [-0.2, 0) is 0 Å². The number of alkyl halides is 1. The molecule has 0 radical (unpaired) electrons. The number of rotatable bonds is 6. The normalized spacial score (nSPS) is 12.0. The minimum atomic E-state index is 0.000113. The van der Waals surface area contributed by atoms with Crippen LogP contribution in [0.15, 0.2) is 24.3 Å². The van der Waals surface area contributed by atoms with Gasteiger partial charge in [0.15, 0.2) is 0 Å². The first-order chi connectivity index (χ1) is 8.54. The fraction of sp³-hybridized carbons (Fsp3) is 0.500. The van der Waals surface area contributed by atoms with Crippen LogP contribution in [0.1, 0.15) is 23.7 Å². The van der Waals surface area contributed by atoms with Crippen LogP contribution in [0.3, 0.4) is 0 Å². The van der Waals surface area contributed by atoms with E-state index in [1.54, 1.807) is 0 Å². The van der Waals surface area contributed by atoms with Crippen molar-refractivity contribution in [2.45, 2.75) is 13.3 Å². The standard InChI is InChI=1S/C14H21BrN2O/c1-11(7-8-15)10-16-14(18)12-5-4-6-13(9-12)17(2)3/h4-6,9,11H,7-8,10H2,1-3H3,(H,16,18). The van der Waals surface area contributed by atoms with Crippen molar-refractivity contribution in [1.82, 2.24) is 5.32 Å². The minimum absolute atomic E-state index is 0.000113. The molecule has 1 rings (SSSR count). The summed E-state index contributed by atoms with van der Waals surface area (Å²) in [4.78, 5) is 14.0. The van der Waals surface area contributed by atoms with Gasteiger partial charge in [-0.15, -0.1) is 0 Å². The van der Waals surface area contributed by atoms with E-state index >= 15 is 0 Å². The van der Waals surface area contributed by atoms with Crippen molar-refractivity contribution in [3.05, 3.63) is 29.8 Å². The smallest absolute Gasteiger partial charge is 0.251 e. The first kappa shape index (κ1) is 15.0. The molecule has 4 heteroatoms. The highest BCUT2D eigenvalue weighted by atomic mass is 79.9. The van der Waals surface area contributed by atoms with Gasteiger partial charge in [0.25, 0.3) is 5.91 Å². The summed E-state index contributed by atoms with van der Waals surface area (Å²) in [5.41, 5.74) is 1.75. The van der Waals surface area contributed by atoms with Gasteiger partial charge < -0.3 is 10.2 Å². The second kappa shape index (κ2) is 7.41. The third-order valence-corrected chi connectivity index (χ3v) is 3.30. The molecule has 0 saturated carbocycles. The maximum absolute atomic E-state index is 12.0. The number of nitrogens with one attached hydrogen (secondary N) is 1. The minimum Gasteiger partial charge on any atom is -0.378 e. The van der Waals surface area contributed by atoms with Crippen molar-refractivity contribution >= 4 is 27.5 Å². The first-order valence-corrected chi connectivity index (χ1v) is 7.28. The Labute approximate surface area is 118 Å². The molecule has 1 aromatic carbocycles. The Hall–Kier alpha value is -1.03. The fourth-order valence-corrected chi connectivity index (χ4v) is 2.36. The van der Waals surface area contributed by atoms with E-state index in [4.69, 9.17) is 0 Å². The number of carbonyl (C=O) groups excluding carboxylic acids is 1. The number of anilines is 1. The molecule has 0 aliphatic heterocycles. The van der Waals surface area contributed by atoms with Crippen molar-refractivity contribution in [1.29, 1.82) is 0 Å². The molecule has 0 bridgehead atoms. The van der Waals surface area contributed by atoms with Gasteiger partial charge in [-0.1, -0.05) is 28.9 Å². The highest BCUT2D eigenvalue weighted by Crippen LogP contribution is 2.13. The zero-order valence-electron chi connectivity index (χ0n) is 11.2. The Morgan fingerprint density at radius 2 is 2.17 bits per heavy atom. The van der Waals surface area contributed by atoms with Crippen LogP contribution in [0.5, 0.6) is 0 Å². The monoisotopic (exact) mass is 312 g/mol. The van der Waals surface area contributed by atoms with Crippen molar-refractivity contribution in [2.75, 3.05) is 30.9 Å². The Bertz CT molecular complexity index is 393. The molecule has 18 heavy (non-hydrogen) atoms. The van der Waals surface area contributed by atoms with Crippen LogP contribution >= 0.6 is 15.9 Å². The van der Waals surface area contributed by atoms with Gasteiger partial charge in [0.1, 0.15) is 0 Å². The fourth-order valence-electron chi connectivity index (χ4n) is 1.58. The highest BCUT2D eigenvalue weighted by molar-refractivity contribution is 9.09. The molecule has 0 saturated heterocycles.